The summed E-state index contributed by atoms with van der Waals surface area (Å²) in [6, 6.07) is 18.6. The van der Waals surface area contributed by atoms with Gasteiger partial charge in [0.1, 0.15) is 5.76 Å². The highest BCUT2D eigenvalue weighted by atomic mass is 16.3. The van der Waals surface area contributed by atoms with E-state index in [0.29, 0.717) is 5.57 Å². The molecule has 2 aromatic rings. The molecular weight excluding hydrogens is 238 g/mol. The van der Waals surface area contributed by atoms with E-state index in [0.717, 1.165) is 11.3 Å². The van der Waals surface area contributed by atoms with E-state index in [4.69, 9.17) is 0 Å². The first-order chi connectivity index (χ1) is 9.27. The van der Waals surface area contributed by atoms with Gasteiger partial charge < -0.3 is 10.0 Å². The summed E-state index contributed by atoms with van der Waals surface area (Å²) in [5, 5.41) is 10.1. The Balaban J connectivity index is 1.97. The number of aliphatic hydroxyl groups excluding tert-OH is 1. The SMILES string of the molecule is O=C1C(c2ccccc2)=C(O)CN1c1ccccc1. The lowest BCUT2D eigenvalue weighted by atomic mass is 10.1. The molecule has 94 valence electrons. The number of hydrogen-bond donors (Lipinski definition) is 1. The average Bonchev–Trinajstić information content (AvgIpc) is 2.76. The average molecular weight is 251 g/mol. The topological polar surface area (TPSA) is 40.5 Å². The van der Waals surface area contributed by atoms with Crippen molar-refractivity contribution in [2.24, 2.45) is 0 Å². The van der Waals surface area contributed by atoms with Gasteiger partial charge in [0, 0.05) is 5.69 Å². The third-order valence-electron chi connectivity index (χ3n) is 3.19. The van der Waals surface area contributed by atoms with E-state index in [1.165, 1.54) is 0 Å². The molecule has 19 heavy (non-hydrogen) atoms. The summed E-state index contributed by atoms with van der Waals surface area (Å²) < 4.78 is 0. The lowest BCUT2D eigenvalue weighted by Crippen LogP contribution is -2.26. The number of benzene rings is 2. The predicted molar refractivity (Wildman–Crippen MR) is 74.8 cm³/mol. The minimum Gasteiger partial charge on any atom is -0.510 e. The minimum atomic E-state index is -0.157. The van der Waals surface area contributed by atoms with Crippen LogP contribution in [0.25, 0.3) is 5.57 Å². The van der Waals surface area contributed by atoms with Crippen molar-refractivity contribution < 1.29 is 9.90 Å². The van der Waals surface area contributed by atoms with Gasteiger partial charge in [-0.05, 0) is 17.7 Å². The Hall–Kier alpha value is -2.55. The molecule has 3 nitrogen and oxygen atoms in total. The van der Waals surface area contributed by atoms with Crippen molar-refractivity contribution in [2.75, 3.05) is 11.4 Å². The number of amides is 1. The Morgan fingerprint density at radius 2 is 1.47 bits per heavy atom. The molecule has 3 rings (SSSR count). The molecule has 1 amide bonds. The molecule has 0 aromatic heterocycles. The summed E-state index contributed by atoms with van der Waals surface area (Å²) >= 11 is 0. The molecule has 0 radical (unpaired) electrons. The lowest BCUT2D eigenvalue weighted by molar-refractivity contribution is -0.112. The lowest BCUT2D eigenvalue weighted by Gasteiger charge is -2.16. The van der Waals surface area contributed by atoms with E-state index in [2.05, 4.69) is 0 Å². The number of rotatable bonds is 2. The van der Waals surface area contributed by atoms with Crippen molar-refractivity contribution in [2.45, 2.75) is 0 Å². The normalized spacial score (nSPS) is 15.2. The molecule has 0 atom stereocenters. The molecule has 0 saturated heterocycles. The van der Waals surface area contributed by atoms with Gasteiger partial charge in [0.15, 0.2) is 0 Å². The molecule has 1 aliphatic rings. The zero-order chi connectivity index (χ0) is 13.2. The smallest absolute Gasteiger partial charge is 0.262 e. The van der Waals surface area contributed by atoms with Gasteiger partial charge in [-0.2, -0.15) is 0 Å². The summed E-state index contributed by atoms with van der Waals surface area (Å²) in [6.07, 6.45) is 0. The van der Waals surface area contributed by atoms with Crippen LogP contribution in [0.5, 0.6) is 0 Å². The summed E-state index contributed by atoms with van der Waals surface area (Å²) in [7, 11) is 0. The summed E-state index contributed by atoms with van der Waals surface area (Å²) in [6.45, 7) is 0.229. The van der Waals surface area contributed by atoms with Crippen LogP contribution in [0.4, 0.5) is 5.69 Å². The molecule has 1 N–H and O–H groups in total. The van der Waals surface area contributed by atoms with Crippen LogP contribution in [-0.4, -0.2) is 17.6 Å². The second-order valence-corrected chi connectivity index (χ2v) is 4.41. The highest BCUT2D eigenvalue weighted by Crippen LogP contribution is 2.30. The maximum atomic E-state index is 12.4. The molecule has 2 aromatic carbocycles. The van der Waals surface area contributed by atoms with Crippen LogP contribution in [0.3, 0.4) is 0 Å². The number of aliphatic hydroxyl groups is 1. The van der Waals surface area contributed by atoms with Gasteiger partial charge in [-0.3, -0.25) is 4.79 Å². The Labute approximate surface area is 111 Å². The molecule has 3 heteroatoms. The fourth-order valence-electron chi connectivity index (χ4n) is 2.27. The zero-order valence-electron chi connectivity index (χ0n) is 10.3. The van der Waals surface area contributed by atoms with Crippen LogP contribution in [0.15, 0.2) is 66.4 Å². The van der Waals surface area contributed by atoms with E-state index >= 15 is 0 Å². The van der Waals surface area contributed by atoms with Gasteiger partial charge in [-0.1, -0.05) is 48.5 Å². The Morgan fingerprint density at radius 3 is 2.11 bits per heavy atom. The fourth-order valence-corrected chi connectivity index (χ4v) is 2.27. The van der Waals surface area contributed by atoms with E-state index in [1.54, 1.807) is 4.90 Å². The van der Waals surface area contributed by atoms with E-state index < -0.39 is 0 Å². The molecule has 1 heterocycles. The summed E-state index contributed by atoms with van der Waals surface area (Å²) in [5.41, 5.74) is 1.94. The third-order valence-corrected chi connectivity index (χ3v) is 3.19. The standard InChI is InChI=1S/C16H13NO2/c18-14-11-17(13-9-5-2-6-10-13)16(19)15(14)12-7-3-1-4-8-12/h1-10,18H,11H2. The van der Waals surface area contributed by atoms with E-state index in [1.807, 2.05) is 60.7 Å². The largest absolute Gasteiger partial charge is 0.510 e. The second-order valence-electron chi connectivity index (χ2n) is 4.41. The third kappa shape index (κ3) is 1.99. The molecule has 0 saturated carbocycles. The second kappa shape index (κ2) is 4.61. The van der Waals surface area contributed by atoms with Gasteiger partial charge in [0.05, 0.1) is 12.1 Å². The Bertz CT molecular complexity index is 632. The molecule has 0 fully saturated rings. The van der Waals surface area contributed by atoms with Crippen molar-refractivity contribution >= 4 is 17.2 Å². The van der Waals surface area contributed by atoms with Gasteiger partial charge in [-0.25, -0.2) is 0 Å². The number of nitrogens with zero attached hydrogens (tertiary/aromatic N) is 1. The van der Waals surface area contributed by atoms with Crippen molar-refractivity contribution in [3.05, 3.63) is 72.0 Å². The maximum absolute atomic E-state index is 12.4. The first-order valence-corrected chi connectivity index (χ1v) is 6.12. The Morgan fingerprint density at radius 1 is 0.895 bits per heavy atom. The van der Waals surface area contributed by atoms with Crippen LogP contribution >= 0.6 is 0 Å². The van der Waals surface area contributed by atoms with E-state index in [9.17, 15) is 9.90 Å². The number of hydrogen-bond acceptors (Lipinski definition) is 2. The van der Waals surface area contributed by atoms with E-state index in [-0.39, 0.29) is 18.2 Å². The molecule has 0 spiro atoms. The number of carbonyl (C=O) groups is 1. The molecule has 0 aliphatic carbocycles. The first-order valence-electron chi connectivity index (χ1n) is 6.12. The van der Waals surface area contributed by atoms with Crippen molar-refractivity contribution in [3.63, 3.8) is 0 Å². The maximum Gasteiger partial charge on any atom is 0.262 e. The molecule has 0 bridgehead atoms. The predicted octanol–water partition coefficient (Wildman–Crippen LogP) is 3.00. The van der Waals surface area contributed by atoms with Crippen LogP contribution < -0.4 is 4.90 Å². The minimum absolute atomic E-state index is 0.125. The highest BCUT2D eigenvalue weighted by Gasteiger charge is 2.31. The van der Waals surface area contributed by atoms with Crippen LogP contribution in [0, 0.1) is 0 Å². The molecular formula is C16H13NO2. The Kier molecular flexibility index (Phi) is 2.80. The first kappa shape index (κ1) is 11.5. The highest BCUT2D eigenvalue weighted by molar-refractivity contribution is 6.29. The van der Waals surface area contributed by atoms with Crippen molar-refractivity contribution in [1.29, 1.82) is 0 Å². The molecule has 1 aliphatic heterocycles. The van der Waals surface area contributed by atoms with Gasteiger partial charge in [0.2, 0.25) is 0 Å². The summed E-state index contributed by atoms with van der Waals surface area (Å²) in [5.74, 6) is -0.0325. The van der Waals surface area contributed by atoms with Crippen molar-refractivity contribution in [3.8, 4) is 0 Å². The quantitative estimate of drug-likeness (QED) is 0.891. The fraction of sp³-hybridized carbons (Fsp3) is 0.0625. The molecule has 0 unspecified atom stereocenters. The monoisotopic (exact) mass is 251 g/mol. The van der Waals surface area contributed by atoms with Gasteiger partial charge in [-0.15, -0.1) is 0 Å². The van der Waals surface area contributed by atoms with Crippen LogP contribution in [-0.2, 0) is 4.79 Å². The number of anilines is 1. The number of para-hydroxylation sites is 1. The van der Waals surface area contributed by atoms with Gasteiger partial charge >= 0.3 is 0 Å². The zero-order valence-corrected chi connectivity index (χ0v) is 10.3. The van der Waals surface area contributed by atoms with Crippen molar-refractivity contribution in [1.82, 2.24) is 0 Å². The number of carbonyl (C=O) groups excluding carboxylic acids is 1. The van der Waals surface area contributed by atoms with Gasteiger partial charge in [0.25, 0.3) is 5.91 Å². The van der Waals surface area contributed by atoms with Crippen LogP contribution in [0.2, 0.25) is 0 Å². The summed E-state index contributed by atoms with van der Waals surface area (Å²) in [4.78, 5) is 14.0. The van der Waals surface area contributed by atoms with Crippen LogP contribution in [0.1, 0.15) is 5.56 Å².